The van der Waals surface area contributed by atoms with E-state index in [0.717, 1.165) is 27.7 Å². The second kappa shape index (κ2) is 7.67. The molecular formula is C25H18FN5O2. The monoisotopic (exact) mass is 439 g/mol. The molecule has 162 valence electrons. The summed E-state index contributed by atoms with van der Waals surface area (Å²) in [5.74, 6) is 0.153. The lowest BCUT2D eigenvalue weighted by Crippen LogP contribution is -2.39. The number of carbonyl (C=O) groups excluding carboxylic acids is 1. The van der Waals surface area contributed by atoms with E-state index in [1.165, 1.54) is 24.3 Å². The van der Waals surface area contributed by atoms with E-state index in [1.807, 2.05) is 42.5 Å². The van der Waals surface area contributed by atoms with E-state index >= 15 is 0 Å². The van der Waals surface area contributed by atoms with Crippen molar-refractivity contribution in [1.82, 2.24) is 25.0 Å². The Labute approximate surface area is 187 Å². The van der Waals surface area contributed by atoms with Crippen molar-refractivity contribution in [2.75, 3.05) is 0 Å². The number of amides is 1. The Morgan fingerprint density at radius 2 is 1.88 bits per heavy atom. The molecule has 0 fully saturated rings. The van der Waals surface area contributed by atoms with Crippen molar-refractivity contribution in [3.63, 3.8) is 0 Å². The number of halogens is 1. The largest absolute Gasteiger partial charge is 0.347 e. The second-order valence-electron chi connectivity index (χ2n) is 8.01. The molecule has 3 heterocycles. The van der Waals surface area contributed by atoms with Crippen LogP contribution >= 0.6 is 0 Å². The number of fused-ring (bicyclic) bond motifs is 2. The Morgan fingerprint density at radius 1 is 1.06 bits per heavy atom. The van der Waals surface area contributed by atoms with Gasteiger partial charge in [0, 0.05) is 17.5 Å². The Balaban J connectivity index is 1.37. The van der Waals surface area contributed by atoms with Gasteiger partial charge in [0.2, 0.25) is 11.7 Å². The van der Waals surface area contributed by atoms with Crippen LogP contribution in [0.25, 0.3) is 22.2 Å². The molecule has 0 aliphatic carbocycles. The summed E-state index contributed by atoms with van der Waals surface area (Å²) in [7, 11) is 0. The van der Waals surface area contributed by atoms with Gasteiger partial charge in [-0.25, -0.2) is 9.37 Å². The fraction of sp³-hybridized carbons (Fsp3) is 0.120. The number of hydrogen-bond acceptors (Lipinski definition) is 5. The maximum atomic E-state index is 13.4. The van der Waals surface area contributed by atoms with Gasteiger partial charge in [0.1, 0.15) is 11.9 Å². The predicted molar refractivity (Wildman–Crippen MR) is 119 cm³/mol. The smallest absolute Gasteiger partial charge is 0.254 e. The number of carbonyl (C=O) groups is 1. The van der Waals surface area contributed by atoms with Crippen LogP contribution in [0.2, 0.25) is 0 Å². The predicted octanol–water partition coefficient (Wildman–Crippen LogP) is 4.69. The molecule has 0 saturated heterocycles. The first-order chi connectivity index (χ1) is 16.2. The molecule has 5 aromatic rings. The van der Waals surface area contributed by atoms with Gasteiger partial charge in [-0.15, -0.1) is 0 Å². The average molecular weight is 439 g/mol. The third-order valence-electron chi connectivity index (χ3n) is 5.99. The molecule has 0 spiro atoms. The second-order valence-corrected chi connectivity index (χ2v) is 8.01. The summed E-state index contributed by atoms with van der Waals surface area (Å²) in [6.07, 6.45) is 2.05. The first-order valence-electron chi connectivity index (χ1n) is 10.6. The molecule has 1 aliphatic rings. The minimum atomic E-state index is -0.486. The molecule has 6 rings (SSSR count). The zero-order chi connectivity index (χ0) is 22.4. The van der Waals surface area contributed by atoms with Crippen molar-refractivity contribution in [3.05, 3.63) is 102 Å². The van der Waals surface area contributed by atoms with Gasteiger partial charge in [-0.3, -0.25) is 4.79 Å². The number of H-pyrrole nitrogens is 1. The van der Waals surface area contributed by atoms with Crippen LogP contribution in [0.5, 0.6) is 0 Å². The lowest BCUT2D eigenvalue weighted by Gasteiger charge is -2.32. The number of rotatable bonds is 3. The van der Waals surface area contributed by atoms with Crippen LogP contribution in [0.1, 0.15) is 33.7 Å². The van der Waals surface area contributed by atoms with E-state index in [2.05, 4.69) is 20.1 Å². The molecule has 1 atom stereocenters. The highest BCUT2D eigenvalue weighted by molar-refractivity contribution is 5.94. The van der Waals surface area contributed by atoms with Gasteiger partial charge in [-0.1, -0.05) is 41.6 Å². The van der Waals surface area contributed by atoms with E-state index in [1.54, 1.807) is 11.2 Å². The molecule has 1 N–H and O–H groups in total. The van der Waals surface area contributed by atoms with Gasteiger partial charge in [0.15, 0.2) is 0 Å². The van der Waals surface area contributed by atoms with Crippen LogP contribution in [-0.2, 0) is 13.0 Å². The summed E-state index contributed by atoms with van der Waals surface area (Å²) < 4.78 is 19.0. The Kier molecular flexibility index (Phi) is 4.50. The molecule has 0 bridgehead atoms. The van der Waals surface area contributed by atoms with Gasteiger partial charge in [-0.05, 0) is 41.1 Å². The Morgan fingerprint density at radius 3 is 2.73 bits per heavy atom. The van der Waals surface area contributed by atoms with Crippen molar-refractivity contribution < 1.29 is 13.7 Å². The summed E-state index contributed by atoms with van der Waals surface area (Å²) in [4.78, 5) is 27.1. The average Bonchev–Trinajstić information content (AvgIpc) is 3.52. The minimum Gasteiger partial charge on any atom is -0.347 e. The van der Waals surface area contributed by atoms with Gasteiger partial charge < -0.3 is 14.4 Å². The van der Waals surface area contributed by atoms with Crippen molar-refractivity contribution in [1.29, 1.82) is 0 Å². The number of aromatic amines is 1. The van der Waals surface area contributed by atoms with Gasteiger partial charge in [0.05, 0.1) is 24.3 Å². The Hall–Kier alpha value is -4.33. The maximum Gasteiger partial charge on any atom is 0.254 e. The number of imidazole rings is 1. The van der Waals surface area contributed by atoms with Crippen LogP contribution in [0.3, 0.4) is 0 Å². The number of hydrogen-bond donors (Lipinski definition) is 1. The van der Waals surface area contributed by atoms with Crippen molar-refractivity contribution in [2.45, 2.75) is 19.0 Å². The third-order valence-corrected chi connectivity index (χ3v) is 5.99. The highest BCUT2D eigenvalue weighted by Crippen LogP contribution is 2.33. The molecule has 0 radical (unpaired) electrons. The zero-order valence-electron chi connectivity index (χ0n) is 17.4. The molecule has 2 aromatic heterocycles. The van der Waals surface area contributed by atoms with Gasteiger partial charge in [-0.2, -0.15) is 4.98 Å². The van der Waals surface area contributed by atoms with E-state index in [0.29, 0.717) is 30.2 Å². The molecule has 0 saturated carbocycles. The van der Waals surface area contributed by atoms with Crippen LogP contribution in [-0.4, -0.2) is 30.9 Å². The molecule has 1 aliphatic heterocycles. The van der Waals surface area contributed by atoms with Gasteiger partial charge >= 0.3 is 0 Å². The highest BCUT2D eigenvalue weighted by atomic mass is 19.1. The number of nitrogens with one attached hydrogen (secondary N) is 1. The quantitative estimate of drug-likeness (QED) is 0.441. The fourth-order valence-electron chi connectivity index (χ4n) is 4.24. The van der Waals surface area contributed by atoms with Crippen molar-refractivity contribution in [3.8, 4) is 11.4 Å². The van der Waals surface area contributed by atoms with Crippen LogP contribution < -0.4 is 0 Å². The molecular weight excluding hydrogens is 421 g/mol. The highest BCUT2D eigenvalue weighted by Gasteiger charge is 2.36. The SMILES string of the molecule is O=C(c1ccc(F)cc1)N1Cc2[nH]cnc2CC1c1nc(-c2ccc3ccccc3c2)no1. The van der Waals surface area contributed by atoms with Gasteiger partial charge in [0.25, 0.3) is 5.91 Å². The first-order valence-corrected chi connectivity index (χ1v) is 10.6. The molecule has 1 amide bonds. The lowest BCUT2D eigenvalue weighted by atomic mass is 10.0. The number of benzene rings is 3. The van der Waals surface area contributed by atoms with Crippen molar-refractivity contribution in [2.24, 2.45) is 0 Å². The first kappa shape index (κ1) is 19.4. The standard InChI is InChI=1S/C25H18FN5O2/c26-19-9-7-16(8-10-19)25(32)31-13-21-20(27-14-28-21)12-22(31)24-29-23(30-33-24)18-6-5-15-3-1-2-4-17(15)11-18/h1-11,14,22H,12-13H2,(H,27,28). The molecule has 8 heteroatoms. The summed E-state index contributed by atoms with van der Waals surface area (Å²) in [5.41, 5.74) is 2.93. The minimum absolute atomic E-state index is 0.245. The van der Waals surface area contributed by atoms with Crippen LogP contribution in [0.4, 0.5) is 4.39 Å². The Bertz CT molecular complexity index is 1470. The summed E-state index contributed by atoms with van der Waals surface area (Å²) in [6, 6.07) is 19.1. The number of aromatic nitrogens is 4. The third kappa shape index (κ3) is 3.45. The summed E-state index contributed by atoms with van der Waals surface area (Å²) in [6.45, 7) is 0.309. The molecule has 33 heavy (non-hydrogen) atoms. The van der Waals surface area contributed by atoms with E-state index < -0.39 is 11.9 Å². The zero-order valence-corrected chi connectivity index (χ0v) is 17.4. The normalized spacial score (nSPS) is 15.5. The summed E-state index contributed by atoms with van der Waals surface area (Å²) >= 11 is 0. The van der Waals surface area contributed by atoms with E-state index in [4.69, 9.17) is 4.52 Å². The fourth-order valence-corrected chi connectivity index (χ4v) is 4.24. The lowest BCUT2D eigenvalue weighted by molar-refractivity contribution is 0.0589. The van der Waals surface area contributed by atoms with E-state index in [-0.39, 0.29) is 5.91 Å². The van der Waals surface area contributed by atoms with Crippen LogP contribution in [0.15, 0.2) is 77.6 Å². The maximum absolute atomic E-state index is 13.4. The van der Waals surface area contributed by atoms with Crippen molar-refractivity contribution >= 4 is 16.7 Å². The molecule has 7 nitrogen and oxygen atoms in total. The van der Waals surface area contributed by atoms with E-state index in [9.17, 15) is 9.18 Å². The number of nitrogens with zero attached hydrogens (tertiary/aromatic N) is 4. The summed E-state index contributed by atoms with van der Waals surface area (Å²) in [5, 5.41) is 6.39. The molecule has 3 aromatic carbocycles. The topological polar surface area (TPSA) is 87.9 Å². The molecule has 1 unspecified atom stereocenters. The van der Waals surface area contributed by atoms with Crippen LogP contribution in [0, 0.1) is 5.82 Å².